The third-order valence-corrected chi connectivity index (χ3v) is 7.83. The van der Waals surface area contributed by atoms with Gasteiger partial charge in [-0.1, -0.05) is 24.4 Å². The zero-order valence-electron chi connectivity index (χ0n) is 17.1. The van der Waals surface area contributed by atoms with Gasteiger partial charge in [-0.05, 0) is 32.0 Å². The fourth-order valence-corrected chi connectivity index (χ4v) is 5.92. The monoisotopic (exact) mass is 514 g/mol. The van der Waals surface area contributed by atoms with Gasteiger partial charge in [0.1, 0.15) is 10.7 Å². The van der Waals surface area contributed by atoms with E-state index in [0.717, 1.165) is 36.3 Å². The van der Waals surface area contributed by atoms with Crippen LogP contribution >= 0.6 is 22.9 Å². The van der Waals surface area contributed by atoms with Crippen LogP contribution < -0.4 is 10.0 Å². The van der Waals surface area contributed by atoms with Gasteiger partial charge in [0, 0.05) is 30.2 Å². The fourth-order valence-electron chi connectivity index (χ4n) is 3.76. The van der Waals surface area contributed by atoms with Crippen molar-refractivity contribution < 1.29 is 26.0 Å². The molecule has 1 unspecified atom stereocenters. The summed E-state index contributed by atoms with van der Waals surface area (Å²) in [5.41, 5.74) is 0.193. The van der Waals surface area contributed by atoms with Crippen LogP contribution in [0.25, 0.3) is 0 Å². The van der Waals surface area contributed by atoms with Gasteiger partial charge in [-0.2, -0.15) is 13.2 Å². The first-order chi connectivity index (χ1) is 15.0. The highest BCUT2D eigenvalue weighted by Gasteiger charge is 2.33. The average Bonchev–Trinajstić information content (AvgIpc) is 3.20. The van der Waals surface area contributed by atoms with Gasteiger partial charge in [-0.25, -0.2) is 17.8 Å². The highest BCUT2D eigenvalue weighted by molar-refractivity contribution is 7.93. The van der Waals surface area contributed by atoms with Crippen LogP contribution in [0.5, 0.6) is 0 Å². The number of aromatic nitrogens is 1. The highest BCUT2D eigenvalue weighted by Crippen LogP contribution is 2.33. The van der Waals surface area contributed by atoms with E-state index >= 15 is 0 Å². The second kappa shape index (κ2) is 10.1. The third-order valence-electron chi connectivity index (χ3n) is 5.35. The van der Waals surface area contributed by atoms with E-state index in [4.69, 9.17) is 11.6 Å². The minimum atomic E-state index is -4.24. The maximum atomic E-state index is 14.7. The van der Waals surface area contributed by atoms with Gasteiger partial charge in [0.05, 0.1) is 17.1 Å². The Labute approximate surface area is 193 Å². The molecule has 178 valence electrons. The minimum Gasteiger partial charge on any atom is -0.379 e. The smallest absolute Gasteiger partial charge is 0.379 e. The lowest BCUT2D eigenvalue weighted by Gasteiger charge is -2.39. The number of nitrogens with one attached hydrogen (secondary N) is 2. The molecule has 2 aromatic rings. The molecule has 6 nitrogen and oxygen atoms in total. The van der Waals surface area contributed by atoms with Crippen molar-refractivity contribution in [2.24, 2.45) is 0 Å². The van der Waals surface area contributed by atoms with E-state index in [-0.39, 0.29) is 34.5 Å². The number of sulfonamides is 1. The molecule has 3 rings (SSSR count). The lowest BCUT2D eigenvalue weighted by molar-refractivity contribution is -0.138. The van der Waals surface area contributed by atoms with Crippen LogP contribution in [0, 0.1) is 5.82 Å². The molecule has 0 radical (unpaired) electrons. The number of rotatable bonds is 8. The second-order valence-electron chi connectivity index (χ2n) is 7.65. The van der Waals surface area contributed by atoms with Gasteiger partial charge < -0.3 is 10.2 Å². The van der Waals surface area contributed by atoms with Crippen LogP contribution in [0.4, 0.5) is 28.4 Å². The predicted octanol–water partition coefficient (Wildman–Crippen LogP) is 5.34. The number of nitrogens with zero attached hydrogens (tertiary/aromatic N) is 2. The molecule has 1 aliphatic rings. The Hall–Kier alpha value is -1.63. The average molecular weight is 515 g/mol. The molecule has 1 fully saturated rings. The molecule has 0 saturated heterocycles. The summed E-state index contributed by atoms with van der Waals surface area (Å²) in [6, 6.07) is 1.57. The molecule has 32 heavy (non-hydrogen) atoms. The van der Waals surface area contributed by atoms with Gasteiger partial charge in [0.2, 0.25) is 0 Å². The summed E-state index contributed by atoms with van der Waals surface area (Å²) in [4.78, 5) is 4.85. The van der Waals surface area contributed by atoms with E-state index < -0.39 is 33.3 Å². The maximum Gasteiger partial charge on any atom is 0.390 e. The lowest BCUT2D eigenvalue weighted by atomic mass is 9.89. The number of benzene rings is 1. The molecule has 1 aromatic heterocycles. The molecule has 1 saturated carbocycles. The third kappa shape index (κ3) is 6.46. The summed E-state index contributed by atoms with van der Waals surface area (Å²) in [6.07, 6.45) is -0.647. The molecule has 2 atom stereocenters. The van der Waals surface area contributed by atoms with E-state index in [0.29, 0.717) is 12.8 Å². The predicted molar refractivity (Wildman–Crippen MR) is 117 cm³/mol. The largest absolute Gasteiger partial charge is 0.390 e. The van der Waals surface area contributed by atoms with Crippen molar-refractivity contribution in [3.63, 3.8) is 0 Å². The van der Waals surface area contributed by atoms with Crippen molar-refractivity contribution in [1.82, 2.24) is 9.88 Å². The molecular formula is C19H23ClF4N4O2S2. The normalized spacial score (nSPS) is 19.8. The summed E-state index contributed by atoms with van der Waals surface area (Å²) in [7, 11) is -2.60. The van der Waals surface area contributed by atoms with Gasteiger partial charge in [0.15, 0.2) is 5.13 Å². The van der Waals surface area contributed by atoms with Crippen LogP contribution in [0.3, 0.4) is 0 Å². The summed E-state index contributed by atoms with van der Waals surface area (Å²) in [5, 5.41) is 4.78. The Kier molecular flexibility index (Phi) is 7.89. The Bertz CT molecular complexity index is 1020. The van der Waals surface area contributed by atoms with Crippen molar-refractivity contribution in [3.8, 4) is 0 Å². The molecule has 0 bridgehead atoms. The Morgan fingerprint density at radius 3 is 2.66 bits per heavy atom. The van der Waals surface area contributed by atoms with Crippen LogP contribution in [-0.2, 0) is 10.0 Å². The number of hydrogen-bond acceptors (Lipinski definition) is 6. The van der Waals surface area contributed by atoms with Crippen LogP contribution in [0.2, 0.25) is 5.02 Å². The molecule has 1 heterocycles. The summed E-state index contributed by atoms with van der Waals surface area (Å²) < 4.78 is 79.8. The zero-order valence-corrected chi connectivity index (χ0v) is 19.5. The van der Waals surface area contributed by atoms with E-state index in [1.807, 2.05) is 0 Å². The summed E-state index contributed by atoms with van der Waals surface area (Å²) in [5.74, 6) is -1.00. The Balaban J connectivity index is 1.76. The van der Waals surface area contributed by atoms with E-state index in [1.54, 1.807) is 17.3 Å². The van der Waals surface area contributed by atoms with Gasteiger partial charge in [0.25, 0.3) is 10.0 Å². The Morgan fingerprint density at radius 1 is 1.28 bits per heavy atom. The van der Waals surface area contributed by atoms with Crippen LogP contribution in [0.1, 0.15) is 32.1 Å². The lowest BCUT2D eigenvalue weighted by Crippen LogP contribution is -2.48. The first-order valence-corrected chi connectivity index (χ1v) is 12.7. The SMILES string of the molecule is CN(CCC(F)(F)F)[C@H]1CCCCC1Nc1cc(F)c(S(=O)(=O)Nc2nccs2)cc1Cl. The van der Waals surface area contributed by atoms with Crippen molar-refractivity contribution >= 4 is 43.8 Å². The minimum absolute atomic E-state index is 0.00631. The number of thiazole rings is 1. The van der Waals surface area contributed by atoms with Crippen molar-refractivity contribution in [3.05, 3.63) is 34.5 Å². The molecule has 13 heteroatoms. The van der Waals surface area contributed by atoms with E-state index in [9.17, 15) is 26.0 Å². The molecular weight excluding hydrogens is 492 g/mol. The molecule has 2 N–H and O–H groups in total. The highest BCUT2D eigenvalue weighted by atomic mass is 35.5. The number of halogens is 5. The molecule has 0 amide bonds. The zero-order chi connectivity index (χ0) is 23.5. The van der Waals surface area contributed by atoms with Crippen LogP contribution in [-0.4, -0.2) is 50.2 Å². The van der Waals surface area contributed by atoms with Crippen molar-refractivity contribution in [2.45, 2.75) is 55.3 Å². The van der Waals surface area contributed by atoms with Crippen molar-refractivity contribution in [2.75, 3.05) is 23.6 Å². The molecule has 0 aliphatic heterocycles. The topological polar surface area (TPSA) is 74.3 Å². The second-order valence-corrected chi connectivity index (χ2v) is 10.6. The number of anilines is 2. The van der Waals surface area contributed by atoms with Gasteiger partial charge in [-0.3, -0.25) is 4.72 Å². The summed E-state index contributed by atoms with van der Waals surface area (Å²) in [6.45, 7) is -0.145. The van der Waals surface area contributed by atoms with E-state index in [2.05, 4.69) is 15.0 Å². The first kappa shape index (κ1) is 25.0. The van der Waals surface area contributed by atoms with Gasteiger partial charge >= 0.3 is 6.18 Å². The number of likely N-dealkylation sites (N-methyl/N-ethyl adjacent to an activating group) is 1. The Morgan fingerprint density at radius 2 is 2.00 bits per heavy atom. The van der Waals surface area contributed by atoms with E-state index in [1.165, 1.54) is 6.20 Å². The fraction of sp³-hybridized carbons (Fsp3) is 0.526. The standard InChI is InChI=1S/C19H23ClF4N4O2S2/c1-28(8-6-19(22,23)24)16-5-3-2-4-14(16)26-15-11-13(21)17(10-12(15)20)32(29,30)27-18-25-7-9-31-18/h7,9-11,14,16,26H,2-6,8H2,1H3,(H,25,27)/t14?,16-/m0/s1. The van der Waals surface area contributed by atoms with Crippen LogP contribution in [0.15, 0.2) is 28.6 Å². The molecule has 0 spiro atoms. The quantitative estimate of drug-likeness (QED) is 0.465. The first-order valence-electron chi connectivity index (χ1n) is 9.91. The number of hydrogen-bond donors (Lipinski definition) is 2. The van der Waals surface area contributed by atoms with Gasteiger partial charge in [-0.15, -0.1) is 11.3 Å². The molecule has 1 aliphatic carbocycles. The molecule has 1 aromatic carbocycles. The maximum absolute atomic E-state index is 14.7. The van der Waals surface area contributed by atoms with Crippen molar-refractivity contribution in [1.29, 1.82) is 0 Å². The summed E-state index contributed by atoms with van der Waals surface area (Å²) >= 11 is 7.31. The number of alkyl halides is 3.